The maximum Gasteiger partial charge on any atom is 0.103 e. The summed E-state index contributed by atoms with van der Waals surface area (Å²) in [4.78, 5) is 4.25. The van der Waals surface area contributed by atoms with Crippen LogP contribution in [0, 0.1) is 5.41 Å². The molecule has 0 heterocycles. The molecule has 0 amide bonds. The quantitative estimate of drug-likeness (QED) is 0.422. The first-order chi connectivity index (χ1) is 7.93. The molecule has 0 aromatic carbocycles. The smallest absolute Gasteiger partial charge is 0.103 e. The van der Waals surface area contributed by atoms with Crippen LogP contribution in [0.15, 0.2) is 42.1 Å². The first-order valence-electron chi connectivity index (χ1n) is 6.09. The van der Waals surface area contributed by atoms with Crippen LogP contribution in [0.3, 0.4) is 0 Å². The predicted molar refractivity (Wildman–Crippen MR) is 75.2 cm³/mol. The first-order valence-corrected chi connectivity index (χ1v) is 6.09. The number of aliphatic imine (C=N–C) groups is 1. The number of halogens is 1. The molecule has 0 aromatic rings. The summed E-state index contributed by atoms with van der Waals surface area (Å²) in [5.41, 5.74) is 0.502. The zero-order chi connectivity index (χ0) is 13.3. The highest BCUT2D eigenvalue weighted by atomic mass is 19.1. The van der Waals surface area contributed by atoms with Gasteiger partial charge >= 0.3 is 0 Å². The molecular weight excluding hydrogens is 213 g/mol. The Kier molecular flexibility index (Phi) is 7.44. The highest BCUT2D eigenvalue weighted by Gasteiger charge is 2.15. The number of hydrogen-bond acceptors (Lipinski definition) is 1. The summed E-state index contributed by atoms with van der Waals surface area (Å²) >= 11 is 0. The maximum absolute atomic E-state index is 12.7. The number of nitrogens with zero attached hydrogens (tertiary/aromatic N) is 1. The Morgan fingerprint density at radius 1 is 1.53 bits per heavy atom. The van der Waals surface area contributed by atoms with Crippen molar-refractivity contribution in [1.29, 1.82) is 0 Å². The zero-order valence-electron chi connectivity index (χ0n) is 11.2. The molecule has 0 aromatic heterocycles. The second-order valence-electron chi connectivity index (χ2n) is 4.60. The van der Waals surface area contributed by atoms with E-state index in [1.807, 2.05) is 12.3 Å². The van der Waals surface area contributed by atoms with Crippen LogP contribution in [0.1, 0.15) is 40.0 Å². The Labute approximate surface area is 105 Å². The molecule has 1 nitrogen and oxygen atoms in total. The third kappa shape index (κ3) is 7.67. The maximum atomic E-state index is 12.7. The Balaban J connectivity index is 4.50. The average molecular weight is 237 g/mol. The Hall–Kier alpha value is -1.18. The Morgan fingerprint density at radius 2 is 2.18 bits per heavy atom. The summed E-state index contributed by atoms with van der Waals surface area (Å²) in [5, 5.41) is 0. The molecule has 0 spiro atoms. The van der Waals surface area contributed by atoms with Gasteiger partial charge in [-0.3, -0.25) is 4.99 Å². The highest BCUT2D eigenvalue weighted by Crippen LogP contribution is 2.21. The van der Waals surface area contributed by atoms with E-state index in [1.165, 1.54) is 6.92 Å². The van der Waals surface area contributed by atoms with Gasteiger partial charge in [-0.05, 0) is 19.8 Å². The molecule has 0 N–H and O–H groups in total. The minimum Gasteiger partial charge on any atom is -0.265 e. The van der Waals surface area contributed by atoms with Gasteiger partial charge in [-0.25, -0.2) is 4.39 Å². The van der Waals surface area contributed by atoms with Crippen molar-refractivity contribution in [3.63, 3.8) is 0 Å². The van der Waals surface area contributed by atoms with Crippen molar-refractivity contribution in [2.75, 3.05) is 0 Å². The van der Waals surface area contributed by atoms with Gasteiger partial charge < -0.3 is 0 Å². The molecule has 0 radical (unpaired) electrons. The summed E-state index contributed by atoms with van der Waals surface area (Å²) in [5.74, 6) is 0. The monoisotopic (exact) mass is 237 g/mol. The SMILES string of the molecule is C=CC/C=C/[C@](C)(C=NC(=C)CC(C)F)CC. The van der Waals surface area contributed by atoms with Gasteiger partial charge in [0.25, 0.3) is 0 Å². The summed E-state index contributed by atoms with van der Waals surface area (Å²) in [6.07, 6.45) is 9.11. The van der Waals surface area contributed by atoms with Gasteiger partial charge in [-0.1, -0.05) is 38.7 Å². The molecule has 2 atom stereocenters. The van der Waals surface area contributed by atoms with E-state index >= 15 is 0 Å². The van der Waals surface area contributed by atoms with Crippen molar-refractivity contribution in [3.05, 3.63) is 37.1 Å². The van der Waals surface area contributed by atoms with E-state index in [-0.39, 0.29) is 5.41 Å². The molecule has 17 heavy (non-hydrogen) atoms. The lowest BCUT2D eigenvalue weighted by atomic mass is 9.88. The summed E-state index contributed by atoms with van der Waals surface area (Å²) in [7, 11) is 0. The second-order valence-corrected chi connectivity index (χ2v) is 4.60. The predicted octanol–water partition coefficient (Wildman–Crippen LogP) is 4.87. The van der Waals surface area contributed by atoms with E-state index in [0.29, 0.717) is 12.1 Å². The highest BCUT2D eigenvalue weighted by molar-refractivity contribution is 5.69. The van der Waals surface area contributed by atoms with Crippen LogP contribution in [0.2, 0.25) is 0 Å². The van der Waals surface area contributed by atoms with Crippen molar-refractivity contribution in [2.45, 2.75) is 46.2 Å². The van der Waals surface area contributed by atoms with Gasteiger partial charge in [0.2, 0.25) is 0 Å². The molecule has 0 rings (SSSR count). The van der Waals surface area contributed by atoms with Crippen LogP contribution in [0.25, 0.3) is 0 Å². The molecule has 0 saturated heterocycles. The van der Waals surface area contributed by atoms with Crippen LogP contribution in [-0.2, 0) is 0 Å². The number of allylic oxidation sites excluding steroid dienone is 4. The van der Waals surface area contributed by atoms with E-state index in [2.05, 4.69) is 44.1 Å². The van der Waals surface area contributed by atoms with Crippen molar-refractivity contribution in [2.24, 2.45) is 10.4 Å². The van der Waals surface area contributed by atoms with Crippen molar-refractivity contribution >= 4 is 6.21 Å². The third-order valence-corrected chi connectivity index (χ3v) is 2.62. The fourth-order valence-electron chi connectivity index (χ4n) is 1.30. The van der Waals surface area contributed by atoms with Crippen molar-refractivity contribution < 1.29 is 4.39 Å². The first kappa shape index (κ1) is 15.8. The van der Waals surface area contributed by atoms with Gasteiger partial charge in [-0.2, -0.15) is 0 Å². The lowest BCUT2D eigenvalue weighted by Crippen LogP contribution is -2.13. The van der Waals surface area contributed by atoms with Gasteiger partial charge in [0.05, 0.1) is 0 Å². The Bertz CT molecular complexity index is 302. The Morgan fingerprint density at radius 3 is 2.65 bits per heavy atom. The van der Waals surface area contributed by atoms with Gasteiger partial charge in [0, 0.05) is 23.7 Å². The normalized spacial score (nSPS) is 17.2. The van der Waals surface area contributed by atoms with E-state index in [0.717, 1.165) is 12.8 Å². The number of rotatable bonds is 8. The molecule has 1 unspecified atom stereocenters. The van der Waals surface area contributed by atoms with Crippen LogP contribution in [0.4, 0.5) is 4.39 Å². The molecule has 96 valence electrons. The van der Waals surface area contributed by atoms with Crippen molar-refractivity contribution in [3.8, 4) is 0 Å². The molecule has 0 aliphatic rings. The molecular formula is C15H24FN. The number of alkyl halides is 1. The fourth-order valence-corrected chi connectivity index (χ4v) is 1.30. The largest absolute Gasteiger partial charge is 0.265 e. The van der Waals surface area contributed by atoms with Crippen LogP contribution >= 0.6 is 0 Å². The standard InChI is InChI=1S/C15H24FN/c1-6-8-9-10-15(5,7-2)12-17-14(4)11-13(3)16/h6,9-10,12-13H,1,4,7-8,11H2,2-3,5H3/b10-9+,17-12?/t13?,15-/m1/s1. The molecule has 0 fully saturated rings. The summed E-state index contributed by atoms with van der Waals surface area (Å²) < 4.78 is 12.7. The average Bonchev–Trinajstić information content (AvgIpc) is 2.26. The van der Waals surface area contributed by atoms with E-state index in [1.54, 1.807) is 0 Å². The lowest BCUT2D eigenvalue weighted by molar-refractivity contribution is 0.359. The molecule has 2 heteroatoms. The summed E-state index contributed by atoms with van der Waals surface area (Å²) in [6.45, 7) is 13.1. The van der Waals surface area contributed by atoms with Gasteiger partial charge in [0.15, 0.2) is 0 Å². The zero-order valence-corrected chi connectivity index (χ0v) is 11.2. The summed E-state index contributed by atoms with van der Waals surface area (Å²) in [6, 6.07) is 0. The molecule has 0 saturated carbocycles. The van der Waals surface area contributed by atoms with Gasteiger partial charge in [-0.15, -0.1) is 6.58 Å². The second kappa shape index (κ2) is 7.99. The minimum absolute atomic E-state index is 0.0918. The number of hydrogen-bond donors (Lipinski definition) is 0. The fraction of sp³-hybridized carbons (Fsp3) is 0.533. The van der Waals surface area contributed by atoms with Crippen molar-refractivity contribution in [1.82, 2.24) is 0 Å². The van der Waals surface area contributed by atoms with Crippen LogP contribution < -0.4 is 0 Å². The van der Waals surface area contributed by atoms with E-state index in [4.69, 9.17) is 0 Å². The molecule has 0 aliphatic heterocycles. The minimum atomic E-state index is -0.885. The molecule has 0 aliphatic carbocycles. The van der Waals surface area contributed by atoms with Crippen LogP contribution in [-0.4, -0.2) is 12.4 Å². The van der Waals surface area contributed by atoms with Gasteiger partial charge in [0.1, 0.15) is 6.17 Å². The molecule has 0 bridgehead atoms. The lowest BCUT2D eigenvalue weighted by Gasteiger charge is -2.18. The third-order valence-electron chi connectivity index (χ3n) is 2.62. The van der Waals surface area contributed by atoms with E-state index in [9.17, 15) is 4.39 Å². The van der Waals surface area contributed by atoms with E-state index < -0.39 is 6.17 Å². The topological polar surface area (TPSA) is 12.4 Å². The van der Waals surface area contributed by atoms with Crippen LogP contribution in [0.5, 0.6) is 0 Å².